The lowest BCUT2D eigenvalue weighted by Gasteiger charge is -2.24. The Hall–Kier alpha value is -3.94. The summed E-state index contributed by atoms with van der Waals surface area (Å²) in [5.74, 6) is -1.97. The smallest absolute Gasteiger partial charge is 0.242 e. The lowest BCUT2D eigenvalue weighted by Crippen LogP contribution is -2.35. The quantitative estimate of drug-likeness (QED) is 0.232. The maximum absolute atomic E-state index is 14.2. The average molecular weight is 551 g/mol. The first-order valence-corrected chi connectivity index (χ1v) is 14.0. The minimum Gasteiger partial charge on any atom is -0.335 e. The van der Waals surface area contributed by atoms with Crippen molar-refractivity contribution in [1.29, 1.82) is 0 Å². The van der Waals surface area contributed by atoms with Crippen molar-refractivity contribution < 1.29 is 13.6 Å². The number of carbonyl (C=O) groups excluding carboxylic acids is 1. The third kappa shape index (κ3) is 8.79. The van der Waals surface area contributed by atoms with Crippen molar-refractivity contribution in [3.8, 4) is 0 Å². The first-order valence-electron chi connectivity index (χ1n) is 14.0. The molecular weight excluding hydrogens is 510 g/mol. The number of carbonyl (C=O) groups is 1. The van der Waals surface area contributed by atoms with Crippen LogP contribution in [0.25, 0.3) is 11.0 Å². The second kappa shape index (κ2) is 16.9. The van der Waals surface area contributed by atoms with Crippen LogP contribution in [-0.2, 0) is 30.7 Å². The molecule has 6 nitrogen and oxygen atoms in total. The van der Waals surface area contributed by atoms with Crippen LogP contribution in [0.15, 0.2) is 71.8 Å². The van der Waals surface area contributed by atoms with E-state index in [1.54, 1.807) is 34.0 Å². The van der Waals surface area contributed by atoms with Gasteiger partial charge in [-0.15, -0.1) is 0 Å². The van der Waals surface area contributed by atoms with Crippen molar-refractivity contribution in [3.05, 3.63) is 106 Å². The third-order valence-corrected chi connectivity index (χ3v) is 5.85. The molecular formula is C32H40F2N4O2. The SMILES string of the molecule is CC.CCC.CCCN(Cc1ccccn1)C(=O)Cn1c(CCc2cccc(F)c2F)cc(=O)c2cccnc21. The van der Waals surface area contributed by atoms with Gasteiger partial charge >= 0.3 is 0 Å². The average Bonchev–Trinajstić information content (AvgIpc) is 2.97. The fraction of sp³-hybridized carbons (Fsp3) is 0.375. The van der Waals surface area contributed by atoms with Crippen molar-refractivity contribution in [2.45, 2.75) is 73.4 Å². The number of rotatable bonds is 9. The van der Waals surface area contributed by atoms with E-state index < -0.39 is 11.6 Å². The van der Waals surface area contributed by atoms with E-state index in [1.165, 1.54) is 24.6 Å². The highest BCUT2D eigenvalue weighted by molar-refractivity contribution is 5.80. The van der Waals surface area contributed by atoms with Gasteiger partial charge in [-0.1, -0.05) is 59.2 Å². The van der Waals surface area contributed by atoms with Crippen LogP contribution in [0.3, 0.4) is 0 Å². The van der Waals surface area contributed by atoms with Crippen LogP contribution in [0.1, 0.15) is 64.4 Å². The van der Waals surface area contributed by atoms with Crippen molar-refractivity contribution in [3.63, 3.8) is 0 Å². The first-order chi connectivity index (χ1) is 19.4. The molecule has 8 heteroatoms. The van der Waals surface area contributed by atoms with E-state index in [-0.39, 0.29) is 36.3 Å². The van der Waals surface area contributed by atoms with E-state index >= 15 is 0 Å². The van der Waals surface area contributed by atoms with Crippen LogP contribution in [0.5, 0.6) is 0 Å². The highest BCUT2D eigenvalue weighted by Crippen LogP contribution is 2.17. The molecule has 214 valence electrons. The molecule has 0 saturated carbocycles. The first kappa shape index (κ1) is 32.3. The van der Waals surface area contributed by atoms with Crippen molar-refractivity contribution in [1.82, 2.24) is 19.4 Å². The van der Waals surface area contributed by atoms with Crippen molar-refractivity contribution in [2.75, 3.05) is 6.54 Å². The van der Waals surface area contributed by atoms with Crippen LogP contribution in [-0.4, -0.2) is 31.9 Å². The summed E-state index contributed by atoms with van der Waals surface area (Å²) >= 11 is 0. The molecule has 0 unspecified atom stereocenters. The number of halogens is 2. The summed E-state index contributed by atoms with van der Waals surface area (Å²) in [5, 5.41) is 0.396. The maximum atomic E-state index is 14.2. The van der Waals surface area contributed by atoms with E-state index in [0.29, 0.717) is 29.8 Å². The van der Waals surface area contributed by atoms with E-state index in [9.17, 15) is 18.4 Å². The summed E-state index contributed by atoms with van der Waals surface area (Å²) in [6, 6.07) is 14.4. The molecule has 3 aromatic heterocycles. The number of hydrogen-bond acceptors (Lipinski definition) is 4. The largest absolute Gasteiger partial charge is 0.335 e. The number of amides is 1. The highest BCUT2D eigenvalue weighted by atomic mass is 19.2. The van der Waals surface area contributed by atoms with Gasteiger partial charge < -0.3 is 9.47 Å². The molecule has 0 saturated heterocycles. The Morgan fingerprint density at radius 2 is 1.65 bits per heavy atom. The van der Waals surface area contributed by atoms with Gasteiger partial charge in [-0.3, -0.25) is 14.6 Å². The summed E-state index contributed by atoms with van der Waals surface area (Å²) in [6.45, 7) is 11.1. The molecule has 0 spiro atoms. The number of fused-ring (bicyclic) bond motifs is 1. The van der Waals surface area contributed by atoms with Gasteiger partial charge in [0.15, 0.2) is 17.1 Å². The van der Waals surface area contributed by atoms with E-state index in [4.69, 9.17) is 0 Å². The molecule has 1 amide bonds. The summed E-state index contributed by atoms with van der Waals surface area (Å²) in [4.78, 5) is 36.6. The lowest BCUT2D eigenvalue weighted by atomic mass is 10.1. The Kier molecular flexibility index (Phi) is 13.6. The summed E-state index contributed by atoms with van der Waals surface area (Å²) < 4.78 is 29.6. The summed E-state index contributed by atoms with van der Waals surface area (Å²) in [7, 11) is 0. The van der Waals surface area contributed by atoms with Crippen molar-refractivity contribution >= 4 is 16.9 Å². The van der Waals surface area contributed by atoms with E-state index in [1.807, 2.05) is 39.0 Å². The van der Waals surface area contributed by atoms with Gasteiger partial charge in [0, 0.05) is 30.7 Å². The zero-order valence-electron chi connectivity index (χ0n) is 24.2. The fourth-order valence-corrected chi connectivity index (χ4v) is 4.12. The topological polar surface area (TPSA) is 68.1 Å². The van der Waals surface area contributed by atoms with Gasteiger partial charge in [-0.05, 0) is 55.2 Å². The molecule has 0 aliphatic rings. The monoisotopic (exact) mass is 550 g/mol. The van der Waals surface area contributed by atoms with Crippen LogP contribution in [0.4, 0.5) is 8.78 Å². The summed E-state index contributed by atoms with van der Waals surface area (Å²) in [5.41, 5.74) is 1.67. The minimum absolute atomic E-state index is 0.0401. The molecule has 0 aliphatic carbocycles. The molecule has 0 fully saturated rings. The predicted octanol–water partition coefficient (Wildman–Crippen LogP) is 6.74. The Bertz CT molecular complexity index is 1410. The molecule has 0 N–H and O–H groups in total. The van der Waals surface area contributed by atoms with Gasteiger partial charge in [0.1, 0.15) is 12.2 Å². The Labute approximate surface area is 235 Å². The number of aromatic nitrogens is 3. The Morgan fingerprint density at radius 1 is 0.925 bits per heavy atom. The number of nitrogens with zero attached hydrogens (tertiary/aromatic N) is 4. The predicted molar refractivity (Wildman–Crippen MR) is 157 cm³/mol. The lowest BCUT2D eigenvalue weighted by molar-refractivity contribution is -0.132. The van der Waals surface area contributed by atoms with Gasteiger partial charge in [0.05, 0.1) is 17.6 Å². The van der Waals surface area contributed by atoms with Crippen LogP contribution < -0.4 is 5.43 Å². The summed E-state index contributed by atoms with van der Waals surface area (Å²) in [6.07, 6.45) is 5.68. The number of pyridine rings is 3. The Morgan fingerprint density at radius 3 is 2.33 bits per heavy atom. The van der Waals surface area contributed by atoms with Gasteiger partial charge in [-0.2, -0.15) is 0 Å². The third-order valence-electron chi connectivity index (χ3n) is 5.85. The zero-order chi connectivity index (χ0) is 29.5. The fourth-order valence-electron chi connectivity index (χ4n) is 4.12. The van der Waals surface area contributed by atoms with E-state index in [2.05, 4.69) is 23.8 Å². The van der Waals surface area contributed by atoms with Gasteiger partial charge in [0.25, 0.3) is 0 Å². The molecule has 3 heterocycles. The Balaban J connectivity index is 0.00000105. The highest BCUT2D eigenvalue weighted by Gasteiger charge is 2.19. The van der Waals surface area contributed by atoms with Gasteiger partial charge in [-0.25, -0.2) is 13.8 Å². The number of aryl methyl sites for hydroxylation is 2. The molecule has 4 aromatic rings. The molecule has 1 aromatic carbocycles. The normalized spacial score (nSPS) is 10.3. The minimum atomic E-state index is -0.917. The van der Waals surface area contributed by atoms with Crippen molar-refractivity contribution in [2.24, 2.45) is 0 Å². The molecule has 40 heavy (non-hydrogen) atoms. The molecule has 0 bridgehead atoms. The van der Waals surface area contributed by atoms with Gasteiger partial charge in [0.2, 0.25) is 5.91 Å². The standard InChI is InChI=1S/C27H26F2N4O2.C3H8.C2H6/c1-2-15-32(17-20-8-3-4-13-30-20)25(35)18-33-21(12-11-19-7-5-10-23(28)26(19)29)16-24(34)22-9-6-14-31-27(22)33;1-3-2;1-2/h3-10,13-14,16H,2,11-12,15,17-18H2,1H3;3H2,1-2H3;1-2H3. The van der Waals surface area contributed by atoms with E-state index in [0.717, 1.165) is 18.2 Å². The van der Waals surface area contributed by atoms with Crippen LogP contribution in [0, 0.1) is 11.6 Å². The maximum Gasteiger partial charge on any atom is 0.242 e. The molecule has 0 atom stereocenters. The molecule has 0 radical (unpaired) electrons. The molecule has 4 rings (SSSR count). The zero-order valence-corrected chi connectivity index (χ0v) is 24.2. The number of benzene rings is 1. The second-order valence-electron chi connectivity index (χ2n) is 9.02. The molecule has 0 aliphatic heterocycles. The van der Waals surface area contributed by atoms with Crippen LogP contribution >= 0.6 is 0 Å². The number of hydrogen-bond donors (Lipinski definition) is 0. The van der Waals surface area contributed by atoms with Crippen LogP contribution in [0.2, 0.25) is 0 Å². The second-order valence-corrected chi connectivity index (χ2v) is 9.02.